The summed E-state index contributed by atoms with van der Waals surface area (Å²) in [6.07, 6.45) is 1.06. The van der Waals surface area contributed by atoms with Crippen molar-refractivity contribution in [3.63, 3.8) is 0 Å². The SMILES string of the molecule is C[C@@H](NC(=O)C1CCN(S(=O)(=O)c2ccccc2)CC1)c1cccc(Br)c1. The molecule has 0 saturated carbocycles. The zero-order valence-electron chi connectivity index (χ0n) is 15.1. The summed E-state index contributed by atoms with van der Waals surface area (Å²) in [6, 6.07) is 16.2. The number of rotatable bonds is 5. The molecular weight excluding hydrogens is 428 g/mol. The minimum atomic E-state index is -3.49. The predicted octanol–water partition coefficient (Wildman–Crippen LogP) is 3.73. The number of carbonyl (C=O) groups excluding carboxylic acids is 1. The van der Waals surface area contributed by atoms with Crippen molar-refractivity contribution in [2.45, 2.75) is 30.7 Å². The Morgan fingerprint density at radius 1 is 1.11 bits per heavy atom. The van der Waals surface area contributed by atoms with Crippen LogP contribution in [0.2, 0.25) is 0 Å². The molecule has 0 spiro atoms. The van der Waals surface area contributed by atoms with Gasteiger partial charge in [-0.1, -0.05) is 46.3 Å². The third-order valence-corrected chi connectivity index (χ3v) is 7.32. The van der Waals surface area contributed by atoms with Crippen LogP contribution in [-0.4, -0.2) is 31.7 Å². The molecule has 144 valence electrons. The standard InChI is InChI=1S/C20H23BrN2O3S/c1-15(17-6-5-7-18(21)14-17)22-20(24)16-10-12-23(13-11-16)27(25,26)19-8-3-2-4-9-19/h2-9,14-16H,10-13H2,1H3,(H,22,24)/t15-/m1/s1. The lowest BCUT2D eigenvalue weighted by Crippen LogP contribution is -2.43. The molecule has 0 radical (unpaired) electrons. The van der Waals surface area contributed by atoms with Gasteiger partial charge in [0.25, 0.3) is 0 Å². The van der Waals surface area contributed by atoms with Gasteiger partial charge in [0.2, 0.25) is 15.9 Å². The summed E-state index contributed by atoms with van der Waals surface area (Å²) < 4.78 is 27.8. The van der Waals surface area contributed by atoms with E-state index in [-0.39, 0.29) is 17.9 Å². The lowest BCUT2D eigenvalue weighted by atomic mass is 9.96. The van der Waals surface area contributed by atoms with Crippen LogP contribution in [0.3, 0.4) is 0 Å². The molecule has 1 heterocycles. The van der Waals surface area contributed by atoms with Gasteiger partial charge in [0.05, 0.1) is 10.9 Å². The number of carbonyl (C=O) groups is 1. The van der Waals surface area contributed by atoms with Crippen molar-refractivity contribution < 1.29 is 13.2 Å². The summed E-state index contributed by atoms with van der Waals surface area (Å²) in [5, 5.41) is 3.05. The van der Waals surface area contributed by atoms with Crippen LogP contribution in [0.1, 0.15) is 31.4 Å². The van der Waals surface area contributed by atoms with Crippen LogP contribution < -0.4 is 5.32 Å². The number of hydrogen-bond acceptors (Lipinski definition) is 3. The zero-order valence-corrected chi connectivity index (χ0v) is 17.5. The molecule has 5 nitrogen and oxygen atoms in total. The zero-order chi connectivity index (χ0) is 19.4. The topological polar surface area (TPSA) is 66.5 Å². The predicted molar refractivity (Wildman–Crippen MR) is 109 cm³/mol. The van der Waals surface area contributed by atoms with Gasteiger partial charge < -0.3 is 5.32 Å². The number of nitrogens with zero attached hydrogens (tertiary/aromatic N) is 1. The summed E-state index contributed by atoms with van der Waals surface area (Å²) in [7, 11) is -3.49. The first-order valence-corrected chi connectivity index (χ1v) is 11.2. The molecule has 1 fully saturated rings. The lowest BCUT2D eigenvalue weighted by molar-refractivity contribution is -0.126. The van der Waals surface area contributed by atoms with E-state index in [1.54, 1.807) is 30.3 Å². The molecule has 1 saturated heterocycles. The van der Waals surface area contributed by atoms with Crippen LogP contribution in [0.4, 0.5) is 0 Å². The average molecular weight is 451 g/mol. The van der Waals surface area contributed by atoms with E-state index in [9.17, 15) is 13.2 Å². The molecule has 2 aromatic carbocycles. The first-order chi connectivity index (χ1) is 12.9. The molecule has 7 heteroatoms. The number of nitrogens with one attached hydrogen (secondary N) is 1. The van der Waals surface area contributed by atoms with Crippen LogP contribution in [0.5, 0.6) is 0 Å². The summed E-state index contributed by atoms with van der Waals surface area (Å²) in [5.74, 6) is -0.180. The van der Waals surface area contributed by atoms with Gasteiger partial charge >= 0.3 is 0 Å². The lowest BCUT2D eigenvalue weighted by Gasteiger charge is -2.31. The number of benzene rings is 2. The third-order valence-electron chi connectivity index (χ3n) is 4.91. The maximum absolute atomic E-state index is 12.7. The Kier molecular flexibility index (Phi) is 6.34. The molecule has 0 aromatic heterocycles. The number of sulfonamides is 1. The van der Waals surface area contributed by atoms with Crippen LogP contribution in [0.15, 0.2) is 64.0 Å². The molecule has 0 aliphatic carbocycles. The minimum Gasteiger partial charge on any atom is -0.349 e. The highest BCUT2D eigenvalue weighted by atomic mass is 79.9. The van der Waals surface area contributed by atoms with Crippen molar-refractivity contribution in [3.05, 3.63) is 64.6 Å². The van der Waals surface area contributed by atoms with Crippen molar-refractivity contribution in [2.75, 3.05) is 13.1 Å². The van der Waals surface area contributed by atoms with Gasteiger partial charge in [0, 0.05) is 23.5 Å². The van der Waals surface area contributed by atoms with Crippen LogP contribution in [0, 0.1) is 5.92 Å². The van der Waals surface area contributed by atoms with Gasteiger partial charge in [0.15, 0.2) is 0 Å². The Morgan fingerprint density at radius 3 is 2.41 bits per heavy atom. The Hall–Kier alpha value is -1.70. The van der Waals surface area contributed by atoms with E-state index in [2.05, 4.69) is 21.2 Å². The molecule has 2 aromatic rings. The molecule has 1 N–H and O–H groups in total. The van der Waals surface area contributed by atoms with Crippen molar-refractivity contribution in [2.24, 2.45) is 5.92 Å². The monoisotopic (exact) mass is 450 g/mol. The smallest absolute Gasteiger partial charge is 0.243 e. The van der Waals surface area contributed by atoms with Crippen molar-refractivity contribution in [1.29, 1.82) is 0 Å². The third kappa shape index (κ3) is 4.78. The highest BCUT2D eigenvalue weighted by molar-refractivity contribution is 9.10. The second kappa shape index (κ2) is 8.54. The Labute approximate surface area is 169 Å². The van der Waals surface area contributed by atoms with Crippen molar-refractivity contribution in [3.8, 4) is 0 Å². The van der Waals surface area contributed by atoms with Gasteiger partial charge in [-0.3, -0.25) is 4.79 Å². The second-order valence-electron chi connectivity index (χ2n) is 6.78. The summed E-state index contributed by atoms with van der Waals surface area (Å²) in [4.78, 5) is 12.9. The molecular formula is C20H23BrN2O3S. The van der Waals surface area contributed by atoms with Gasteiger partial charge in [-0.2, -0.15) is 4.31 Å². The van der Waals surface area contributed by atoms with E-state index in [0.717, 1.165) is 10.0 Å². The number of piperidine rings is 1. The maximum Gasteiger partial charge on any atom is 0.243 e. The fourth-order valence-corrected chi connectivity index (χ4v) is 5.20. The average Bonchev–Trinajstić information content (AvgIpc) is 2.68. The minimum absolute atomic E-state index is 0.0146. The molecule has 1 aliphatic rings. The normalized spacial score (nSPS) is 17.4. The molecule has 1 amide bonds. The van der Waals surface area contributed by atoms with Crippen LogP contribution >= 0.6 is 15.9 Å². The van der Waals surface area contributed by atoms with E-state index >= 15 is 0 Å². The number of halogens is 1. The first-order valence-electron chi connectivity index (χ1n) is 8.99. The molecule has 0 bridgehead atoms. The van der Waals surface area contributed by atoms with Gasteiger partial charge in [-0.25, -0.2) is 8.42 Å². The Bertz CT molecular complexity index is 894. The first kappa shape index (κ1) is 20.0. The van der Waals surface area contributed by atoms with E-state index < -0.39 is 10.0 Å². The second-order valence-corrected chi connectivity index (χ2v) is 9.63. The van der Waals surface area contributed by atoms with Gasteiger partial charge in [0.1, 0.15) is 0 Å². The van der Waals surface area contributed by atoms with E-state index in [4.69, 9.17) is 0 Å². The molecule has 27 heavy (non-hydrogen) atoms. The van der Waals surface area contributed by atoms with Crippen molar-refractivity contribution >= 4 is 31.9 Å². The summed E-state index contributed by atoms with van der Waals surface area (Å²) in [5.41, 5.74) is 1.03. The largest absolute Gasteiger partial charge is 0.349 e. The highest BCUT2D eigenvalue weighted by Crippen LogP contribution is 2.25. The Morgan fingerprint density at radius 2 is 1.78 bits per heavy atom. The molecule has 1 atom stereocenters. The van der Waals surface area contributed by atoms with Crippen molar-refractivity contribution in [1.82, 2.24) is 9.62 Å². The molecule has 0 unspecified atom stereocenters. The fourth-order valence-electron chi connectivity index (χ4n) is 3.29. The quantitative estimate of drug-likeness (QED) is 0.754. The molecule has 1 aliphatic heterocycles. The Balaban J connectivity index is 1.58. The summed E-state index contributed by atoms with van der Waals surface area (Å²) >= 11 is 3.44. The van der Waals surface area contributed by atoms with E-state index in [1.807, 2.05) is 31.2 Å². The van der Waals surface area contributed by atoms with E-state index in [1.165, 1.54) is 4.31 Å². The summed E-state index contributed by atoms with van der Waals surface area (Å²) in [6.45, 7) is 2.68. The molecule has 3 rings (SSSR count). The van der Waals surface area contributed by atoms with Crippen LogP contribution in [0.25, 0.3) is 0 Å². The highest BCUT2D eigenvalue weighted by Gasteiger charge is 2.32. The van der Waals surface area contributed by atoms with E-state index in [0.29, 0.717) is 30.8 Å². The fraction of sp³-hybridized carbons (Fsp3) is 0.350. The van der Waals surface area contributed by atoms with Gasteiger partial charge in [-0.05, 0) is 49.6 Å². The maximum atomic E-state index is 12.7. The number of amides is 1. The number of hydrogen-bond donors (Lipinski definition) is 1. The van der Waals surface area contributed by atoms with Crippen LogP contribution in [-0.2, 0) is 14.8 Å². The van der Waals surface area contributed by atoms with Gasteiger partial charge in [-0.15, -0.1) is 0 Å².